The quantitative estimate of drug-likeness (QED) is 0.691. The first-order valence-corrected chi connectivity index (χ1v) is 8.06. The summed E-state index contributed by atoms with van der Waals surface area (Å²) in [5, 5.41) is 12.7. The summed E-state index contributed by atoms with van der Waals surface area (Å²) in [5.41, 5.74) is 5.62. The lowest BCUT2D eigenvalue weighted by molar-refractivity contribution is 0.211. The summed E-state index contributed by atoms with van der Waals surface area (Å²) in [5.74, 6) is 0.816. The Morgan fingerprint density at radius 1 is 1.22 bits per heavy atom. The van der Waals surface area contributed by atoms with Crippen molar-refractivity contribution in [2.45, 2.75) is 20.0 Å². The fraction of sp³-hybridized carbons (Fsp3) is 0.278. The number of aryl methyl sites for hydroxylation is 2. The molecule has 0 saturated heterocycles. The zero-order chi connectivity index (χ0) is 16.4. The van der Waals surface area contributed by atoms with E-state index in [4.69, 9.17) is 16.0 Å². The second-order valence-corrected chi connectivity index (χ2v) is 6.02. The van der Waals surface area contributed by atoms with Gasteiger partial charge in [-0.25, -0.2) is 4.98 Å². The predicted molar refractivity (Wildman–Crippen MR) is 94.1 cm³/mol. The maximum Gasteiger partial charge on any atom is 0.227 e. The van der Waals surface area contributed by atoms with Crippen LogP contribution in [0.15, 0.2) is 40.8 Å². The van der Waals surface area contributed by atoms with Crippen molar-refractivity contribution in [3.63, 3.8) is 0 Å². The third-order valence-corrected chi connectivity index (χ3v) is 4.05. The Bertz CT molecular complexity index is 812. The van der Waals surface area contributed by atoms with Crippen molar-refractivity contribution in [1.82, 2.24) is 4.98 Å². The van der Waals surface area contributed by atoms with Crippen LogP contribution in [0.2, 0.25) is 0 Å². The number of fused-ring (bicyclic) bond motifs is 1. The third kappa shape index (κ3) is 3.49. The van der Waals surface area contributed by atoms with Crippen LogP contribution in [-0.4, -0.2) is 28.6 Å². The van der Waals surface area contributed by atoms with Crippen molar-refractivity contribution in [3.8, 4) is 11.5 Å². The van der Waals surface area contributed by atoms with Crippen LogP contribution < -0.4 is 5.32 Å². The third-order valence-electron chi connectivity index (χ3n) is 3.69. The Labute approximate surface area is 140 Å². The van der Waals surface area contributed by atoms with E-state index < -0.39 is 6.10 Å². The molecule has 2 aromatic carbocycles. The number of aromatic nitrogens is 1. The summed E-state index contributed by atoms with van der Waals surface area (Å²) in [6.07, 6.45) is -0.576. The van der Waals surface area contributed by atoms with Gasteiger partial charge in [0.15, 0.2) is 5.58 Å². The van der Waals surface area contributed by atoms with Crippen LogP contribution in [0.3, 0.4) is 0 Å². The molecule has 5 heteroatoms. The number of nitrogens with zero attached hydrogens (tertiary/aromatic N) is 1. The number of halogens is 1. The van der Waals surface area contributed by atoms with E-state index in [1.165, 1.54) is 5.56 Å². The summed E-state index contributed by atoms with van der Waals surface area (Å²) >= 11 is 5.61. The molecule has 4 nitrogen and oxygen atoms in total. The zero-order valence-corrected chi connectivity index (χ0v) is 13.9. The van der Waals surface area contributed by atoms with Gasteiger partial charge in [-0.3, -0.25) is 0 Å². The molecule has 0 amide bonds. The number of rotatable bonds is 5. The van der Waals surface area contributed by atoms with E-state index in [1.54, 1.807) is 0 Å². The Morgan fingerprint density at radius 2 is 1.96 bits per heavy atom. The first-order valence-electron chi connectivity index (χ1n) is 7.53. The number of alkyl halides is 1. The fourth-order valence-corrected chi connectivity index (χ4v) is 2.52. The molecular weight excluding hydrogens is 312 g/mol. The van der Waals surface area contributed by atoms with Gasteiger partial charge >= 0.3 is 0 Å². The molecular formula is C18H19ClN2O2. The number of aliphatic hydroxyl groups excluding tert-OH is 1. The number of benzene rings is 2. The van der Waals surface area contributed by atoms with Crippen LogP contribution in [-0.2, 0) is 0 Å². The Balaban J connectivity index is 1.92. The zero-order valence-electron chi connectivity index (χ0n) is 13.1. The van der Waals surface area contributed by atoms with E-state index in [1.807, 2.05) is 50.2 Å². The maximum absolute atomic E-state index is 9.55. The molecule has 1 heterocycles. The lowest BCUT2D eigenvalue weighted by Gasteiger charge is -2.10. The van der Waals surface area contributed by atoms with Gasteiger partial charge in [0.1, 0.15) is 5.52 Å². The molecule has 0 aliphatic heterocycles. The fourth-order valence-electron chi connectivity index (χ4n) is 2.41. The van der Waals surface area contributed by atoms with Crippen molar-refractivity contribution >= 4 is 28.4 Å². The van der Waals surface area contributed by atoms with Crippen LogP contribution >= 0.6 is 11.6 Å². The molecule has 0 bridgehead atoms. The summed E-state index contributed by atoms with van der Waals surface area (Å²) in [6.45, 7) is 4.43. The molecule has 0 fully saturated rings. The molecule has 0 radical (unpaired) electrons. The molecule has 1 unspecified atom stereocenters. The highest BCUT2D eigenvalue weighted by Gasteiger charge is 2.12. The number of aliphatic hydroxyl groups is 1. The van der Waals surface area contributed by atoms with Crippen molar-refractivity contribution in [3.05, 3.63) is 47.5 Å². The van der Waals surface area contributed by atoms with Crippen LogP contribution in [0.1, 0.15) is 11.1 Å². The van der Waals surface area contributed by atoms with E-state index in [2.05, 4.69) is 10.3 Å². The SMILES string of the molecule is Cc1ccc(-c2nc3cc(NCC(O)CCl)cc(C)c3o2)cc1. The van der Waals surface area contributed by atoms with Gasteiger partial charge in [-0.1, -0.05) is 17.7 Å². The van der Waals surface area contributed by atoms with E-state index in [-0.39, 0.29) is 5.88 Å². The molecule has 0 aliphatic rings. The second kappa shape index (κ2) is 6.60. The van der Waals surface area contributed by atoms with Crippen LogP contribution in [0, 0.1) is 13.8 Å². The molecule has 3 rings (SSSR count). The lowest BCUT2D eigenvalue weighted by Crippen LogP contribution is -2.20. The van der Waals surface area contributed by atoms with E-state index in [0.717, 1.165) is 27.9 Å². The van der Waals surface area contributed by atoms with Crippen molar-refractivity contribution < 1.29 is 9.52 Å². The molecule has 23 heavy (non-hydrogen) atoms. The van der Waals surface area contributed by atoms with Gasteiger partial charge in [0, 0.05) is 17.8 Å². The van der Waals surface area contributed by atoms with Gasteiger partial charge in [0.05, 0.1) is 12.0 Å². The van der Waals surface area contributed by atoms with Crippen molar-refractivity contribution in [1.29, 1.82) is 0 Å². The largest absolute Gasteiger partial charge is 0.436 e. The van der Waals surface area contributed by atoms with Crippen LogP contribution in [0.25, 0.3) is 22.6 Å². The molecule has 0 saturated carbocycles. The van der Waals surface area contributed by atoms with Crippen LogP contribution in [0.5, 0.6) is 0 Å². The molecule has 2 N–H and O–H groups in total. The number of nitrogens with one attached hydrogen (secondary N) is 1. The number of hydrogen-bond donors (Lipinski definition) is 2. The average molecular weight is 331 g/mol. The normalized spacial score (nSPS) is 12.5. The smallest absolute Gasteiger partial charge is 0.227 e. The highest BCUT2D eigenvalue weighted by atomic mass is 35.5. The van der Waals surface area contributed by atoms with Crippen molar-refractivity contribution in [2.75, 3.05) is 17.7 Å². The van der Waals surface area contributed by atoms with Gasteiger partial charge in [0.25, 0.3) is 0 Å². The number of anilines is 1. The maximum atomic E-state index is 9.55. The Kier molecular flexibility index (Phi) is 4.55. The minimum atomic E-state index is -0.576. The monoisotopic (exact) mass is 330 g/mol. The first-order chi connectivity index (χ1) is 11.1. The topological polar surface area (TPSA) is 58.3 Å². The standard InChI is InChI=1S/C18H19ClN2O2/c1-11-3-5-13(6-4-11)18-21-16-8-14(20-10-15(22)9-19)7-12(2)17(16)23-18/h3-8,15,20,22H,9-10H2,1-2H3. The second-order valence-electron chi connectivity index (χ2n) is 5.72. The van der Waals surface area contributed by atoms with Gasteiger partial charge in [0.2, 0.25) is 5.89 Å². The summed E-state index contributed by atoms with van der Waals surface area (Å²) in [6, 6.07) is 12.0. The summed E-state index contributed by atoms with van der Waals surface area (Å²) < 4.78 is 5.92. The van der Waals surface area contributed by atoms with E-state index in [9.17, 15) is 5.11 Å². The van der Waals surface area contributed by atoms with Gasteiger partial charge in [-0.05, 0) is 43.7 Å². The van der Waals surface area contributed by atoms with E-state index in [0.29, 0.717) is 12.4 Å². The number of oxazole rings is 1. The van der Waals surface area contributed by atoms with Gasteiger partial charge < -0.3 is 14.8 Å². The minimum absolute atomic E-state index is 0.204. The molecule has 3 aromatic rings. The van der Waals surface area contributed by atoms with Crippen molar-refractivity contribution in [2.24, 2.45) is 0 Å². The van der Waals surface area contributed by atoms with E-state index >= 15 is 0 Å². The Morgan fingerprint density at radius 3 is 2.65 bits per heavy atom. The number of hydrogen-bond acceptors (Lipinski definition) is 4. The summed E-state index contributed by atoms with van der Waals surface area (Å²) in [4.78, 5) is 4.59. The lowest BCUT2D eigenvalue weighted by atomic mass is 10.1. The molecule has 120 valence electrons. The Hall–Kier alpha value is -2.04. The van der Waals surface area contributed by atoms with Gasteiger partial charge in [-0.2, -0.15) is 0 Å². The molecule has 1 aromatic heterocycles. The average Bonchev–Trinajstić information content (AvgIpc) is 2.98. The van der Waals surface area contributed by atoms with Crippen LogP contribution in [0.4, 0.5) is 5.69 Å². The molecule has 0 aliphatic carbocycles. The summed E-state index contributed by atoms with van der Waals surface area (Å²) in [7, 11) is 0. The molecule has 0 spiro atoms. The highest BCUT2D eigenvalue weighted by molar-refractivity contribution is 6.18. The molecule has 1 atom stereocenters. The first kappa shape index (κ1) is 15.8. The highest BCUT2D eigenvalue weighted by Crippen LogP contribution is 2.29. The predicted octanol–water partition coefficient (Wildman–Crippen LogP) is 4.12. The van der Waals surface area contributed by atoms with Gasteiger partial charge in [-0.15, -0.1) is 11.6 Å². The minimum Gasteiger partial charge on any atom is -0.436 e.